The van der Waals surface area contributed by atoms with Crippen LogP contribution in [0.25, 0.3) is 4.85 Å². The molecule has 1 fully saturated rings. The molecule has 4 atom stereocenters. The average molecular weight is 905 g/mol. The minimum atomic E-state index is -5.42. The summed E-state index contributed by atoms with van der Waals surface area (Å²) in [6, 6.07) is 2.61. The van der Waals surface area contributed by atoms with Crippen LogP contribution in [0.15, 0.2) is 10.2 Å². The van der Waals surface area contributed by atoms with Crippen molar-refractivity contribution in [2.24, 2.45) is 10.2 Å². The van der Waals surface area contributed by atoms with Gasteiger partial charge in [-0.1, -0.05) is 16.6 Å². The molecule has 0 radical (unpaired) electrons. The molecule has 0 aromatic heterocycles. The summed E-state index contributed by atoms with van der Waals surface area (Å²) in [7, 11) is 25.0. The van der Waals surface area contributed by atoms with Gasteiger partial charge in [0.15, 0.2) is 18.3 Å². The molecule has 0 aliphatic heterocycles. The van der Waals surface area contributed by atoms with Crippen molar-refractivity contribution < 1.29 is 57.2 Å². The maximum atomic E-state index is 12.1. The summed E-state index contributed by atoms with van der Waals surface area (Å²) >= 11 is 0. The Balaban J connectivity index is 0.00000270. The van der Waals surface area contributed by atoms with Crippen molar-refractivity contribution in [2.75, 3.05) is 13.2 Å². The molecule has 270 valence electrons. The second-order valence-corrected chi connectivity index (χ2v) is 66.7. The van der Waals surface area contributed by atoms with E-state index in [2.05, 4.69) is 21.1 Å². The fourth-order valence-corrected chi connectivity index (χ4v) is 3.82. The third-order valence-corrected chi connectivity index (χ3v) is 5.29. The molecule has 1 saturated carbocycles. The van der Waals surface area contributed by atoms with Crippen LogP contribution in [-0.4, -0.2) is 88.4 Å². The van der Waals surface area contributed by atoms with Gasteiger partial charge in [-0.15, -0.1) is 0 Å². The fourth-order valence-electron chi connectivity index (χ4n) is 3.82. The van der Waals surface area contributed by atoms with Gasteiger partial charge in [0.05, 0.1) is 19.4 Å². The number of halogens is 6. The number of hydrogen-bond donors (Lipinski definition) is 0. The summed E-state index contributed by atoms with van der Waals surface area (Å²) in [6.07, 6.45) is -4.35. The SMILES string of the molecule is CCOC(=O)/N=N/C1([N+]#C[C@@H](OC(C)=O)[C@H](OC(C)=O)[C@H](OC(C)=O)[C@@H](COC(C)=O)OC(C)=O)CCCCC1.[Cl][Sb-]([Cl])([Cl])([Cl])([Cl])[Cl]. The van der Waals surface area contributed by atoms with Crippen LogP contribution >= 0.6 is 53.0 Å². The van der Waals surface area contributed by atoms with Gasteiger partial charge >= 0.3 is 110 Å². The second-order valence-electron chi connectivity index (χ2n) is 9.77. The van der Waals surface area contributed by atoms with E-state index in [4.69, 9.17) is 81.4 Å². The number of esters is 5. The number of carbonyl (C=O) groups excluding carboxylic acids is 6. The Labute approximate surface area is 291 Å². The predicted molar refractivity (Wildman–Crippen MR) is 175 cm³/mol. The van der Waals surface area contributed by atoms with Crippen LogP contribution in [0, 0.1) is 6.07 Å². The Bertz CT molecular complexity index is 1240. The first-order chi connectivity index (χ1) is 21.2. The van der Waals surface area contributed by atoms with Gasteiger partial charge in [-0.25, -0.2) is 4.79 Å². The molecule has 1 rings (SSSR count). The molecule has 0 aromatic rings. The van der Waals surface area contributed by atoms with Gasteiger partial charge in [-0.05, 0) is 24.6 Å². The van der Waals surface area contributed by atoms with Crippen LogP contribution in [0.4, 0.5) is 4.79 Å². The standard InChI is InChI=1S/C25H36N3O12.6ClH.Sb/c1-7-35-24(34)27-28-25(11-9-8-10-12-25)26-13-20(37-16(3)30)22(39-18(5)32)23(40-19(6)33)21(38-17(4)31)14-36-15(2)29;;;;;;;/h20-23H,7-12,14H2,1-6H3;6*1H;/q+1;;;;;;;+5/p-6/b28-27+;;;;;;;/t20-,21-,22+,23-;;;;;;;/m1......./s1. The van der Waals surface area contributed by atoms with Gasteiger partial charge in [-0.3, -0.25) is 24.0 Å². The molecule has 15 nitrogen and oxygen atoms in total. The van der Waals surface area contributed by atoms with Crippen LogP contribution in [0.1, 0.15) is 73.6 Å². The zero-order valence-corrected chi connectivity index (χ0v) is 33.3. The monoisotopic (exact) mass is 901 g/mol. The molecule has 0 aromatic carbocycles. The molecular formula is C25H36Cl6N3O12Sb. The van der Waals surface area contributed by atoms with Crippen LogP contribution in [0.3, 0.4) is 0 Å². The van der Waals surface area contributed by atoms with E-state index in [0.717, 1.165) is 41.0 Å². The van der Waals surface area contributed by atoms with E-state index in [9.17, 15) is 28.8 Å². The zero-order chi connectivity index (χ0) is 36.7. The summed E-state index contributed by atoms with van der Waals surface area (Å²) < 4.78 is 31.0. The molecule has 0 saturated heterocycles. The second kappa shape index (κ2) is 19.0. The third kappa shape index (κ3) is 25.2. The maximum absolute atomic E-state index is 12.1. The quantitative estimate of drug-likeness (QED) is 0.0934. The van der Waals surface area contributed by atoms with Crippen molar-refractivity contribution in [3.8, 4) is 6.07 Å². The Kier molecular flexibility index (Phi) is 18.4. The number of azo groups is 1. The molecule has 47 heavy (non-hydrogen) atoms. The van der Waals surface area contributed by atoms with Gasteiger partial charge in [0.2, 0.25) is 0 Å². The van der Waals surface area contributed by atoms with E-state index in [1.807, 2.05) is 0 Å². The van der Waals surface area contributed by atoms with Crippen molar-refractivity contribution in [3.63, 3.8) is 0 Å². The molecule has 1 amide bonds. The number of carbonyl (C=O) groups is 6. The number of rotatable bonds is 11. The molecule has 0 spiro atoms. The van der Waals surface area contributed by atoms with E-state index in [1.54, 1.807) is 6.92 Å². The summed E-state index contributed by atoms with van der Waals surface area (Å²) in [4.78, 5) is 75.7. The minimum absolute atomic E-state index is 0.0905. The van der Waals surface area contributed by atoms with E-state index in [-0.39, 0.29) is 6.61 Å². The first kappa shape index (κ1) is 45.5. The molecule has 1 aliphatic rings. The van der Waals surface area contributed by atoms with Gasteiger partial charge in [0.25, 0.3) is 6.10 Å². The summed E-state index contributed by atoms with van der Waals surface area (Å²) in [5, 5.41) is 7.66. The first-order valence-corrected chi connectivity index (χ1v) is 33.1. The Morgan fingerprint density at radius 1 is 0.723 bits per heavy atom. The Morgan fingerprint density at radius 3 is 1.62 bits per heavy atom. The average Bonchev–Trinajstić information content (AvgIpc) is 2.88. The van der Waals surface area contributed by atoms with E-state index < -0.39 is 81.8 Å². The molecule has 0 heterocycles. The van der Waals surface area contributed by atoms with Crippen LogP contribution in [0.2, 0.25) is 0 Å². The summed E-state index contributed by atoms with van der Waals surface area (Å²) in [6.45, 7) is 6.43. The van der Waals surface area contributed by atoms with Gasteiger partial charge < -0.3 is 28.4 Å². The fraction of sp³-hybridized carbons (Fsp3) is 0.720. The summed E-state index contributed by atoms with van der Waals surface area (Å²) in [5.74, 6) is -4.19. The number of amides is 1. The van der Waals surface area contributed by atoms with Crippen molar-refractivity contribution >= 4 is 98.1 Å². The normalized spacial score (nSPS) is 18.0. The summed E-state index contributed by atoms with van der Waals surface area (Å²) in [5.41, 5.74) is -1.27. The van der Waals surface area contributed by atoms with Crippen LogP contribution in [-0.2, 0) is 52.4 Å². The molecule has 0 N–H and O–H groups in total. The number of ether oxygens (including phenoxy) is 6. The molecule has 1 aliphatic carbocycles. The van der Waals surface area contributed by atoms with Crippen LogP contribution in [0.5, 0.6) is 0 Å². The Hall–Kier alpha value is -1.53. The number of hydrogen-bond acceptors (Lipinski definition) is 13. The van der Waals surface area contributed by atoms with E-state index >= 15 is 0 Å². The van der Waals surface area contributed by atoms with Gasteiger partial charge in [0, 0.05) is 34.6 Å². The Morgan fingerprint density at radius 2 is 1.19 bits per heavy atom. The predicted octanol–water partition coefficient (Wildman–Crippen LogP) is 6.63. The first-order valence-electron chi connectivity index (χ1n) is 13.7. The molecule has 22 heteroatoms. The van der Waals surface area contributed by atoms with Crippen molar-refractivity contribution in [1.29, 1.82) is 0 Å². The molecule has 0 unspecified atom stereocenters. The third-order valence-electron chi connectivity index (χ3n) is 5.29. The van der Waals surface area contributed by atoms with Crippen molar-refractivity contribution in [3.05, 3.63) is 4.85 Å². The van der Waals surface area contributed by atoms with Crippen LogP contribution < -0.4 is 0 Å². The molecular weight excluding hydrogens is 869 g/mol. The van der Waals surface area contributed by atoms with E-state index in [1.165, 1.54) is 0 Å². The molecule has 0 bridgehead atoms. The van der Waals surface area contributed by atoms with E-state index in [0.29, 0.717) is 25.7 Å². The van der Waals surface area contributed by atoms with Gasteiger partial charge in [-0.2, -0.15) is 0 Å². The van der Waals surface area contributed by atoms with Crippen molar-refractivity contribution in [1.82, 2.24) is 0 Å². The number of nitrogens with zero attached hydrogens (tertiary/aromatic N) is 3. The van der Waals surface area contributed by atoms with Crippen molar-refractivity contribution in [2.45, 2.75) is 104 Å². The van der Waals surface area contributed by atoms with Gasteiger partial charge in [0.1, 0.15) is 6.61 Å². The zero-order valence-electron chi connectivity index (χ0n) is 26.2. The topological polar surface area (TPSA) is 187 Å².